The summed E-state index contributed by atoms with van der Waals surface area (Å²) in [5.41, 5.74) is 1.73. The molecule has 0 aliphatic heterocycles. The second-order valence-electron chi connectivity index (χ2n) is 7.93. The van der Waals surface area contributed by atoms with Crippen LogP contribution in [0.2, 0.25) is 5.15 Å². The van der Waals surface area contributed by atoms with Crippen LogP contribution in [-0.4, -0.2) is 21.2 Å². The summed E-state index contributed by atoms with van der Waals surface area (Å²) in [6, 6.07) is 0. The quantitative estimate of drug-likeness (QED) is 0.861. The van der Waals surface area contributed by atoms with Gasteiger partial charge in [0, 0.05) is 24.2 Å². The molecule has 0 aromatic carbocycles. The highest BCUT2D eigenvalue weighted by Gasteiger charge is 2.51. The molecule has 4 saturated carbocycles. The zero-order valence-electron chi connectivity index (χ0n) is 13.8. The van der Waals surface area contributed by atoms with Crippen LogP contribution in [-0.2, 0) is 11.8 Å². The Morgan fingerprint density at radius 1 is 1.26 bits per heavy atom. The van der Waals surface area contributed by atoms with Crippen LogP contribution in [0.25, 0.3) is 6.08 Å². The number of carbonyl (C=O) groups is 1. The van der Waals surface area contributed by atoms with Gasteiger partial charge >= 0.3 is 0 Å². The van der Waals surface area contributed by atoms with Crippen LogP contribution in [0, 0.1) is 24.7 Å². The molecule has 4 bridgehead atoms. The maximum atomic E-state index is 12.5. The molecule has 4 fully saturated rings. The number of amides is 1. The van der Waals surface area contributed by atoms with Crippen molar-refractivity contribution in [1.29, 1.82) is 0 Å². The van der Waals surface area contributed by atoms with E-state index < -0.39 is 0 Å². The molecule has 0 unspecified atom stereocenters. The third kappa shape index (κ3) is 2.71. The summed E-state index contributed by atoms with van der Waals surface area (Å²) < 4.78 is 1.63. The summed E-state index contributed by atoms with van der Waals surface area (Å²) in [6.07, 6.45) is 11.1. The van der Waals surface area contributed by atoms with Crippen LogP contribution in [0.1, 0.15) is 49.8 Å². The van der Waals surface area contributed by atoms with Gasteiger partial charge in [0.15, 0.2) is 0 Å². The van der Waals surface area contributed by atoms with E-state index >= 15 is 0 Å². The smallest absolute Gasteiger partial charge is 0.244 e. The van der Waals surface area contributed by atoms with Crippen molar-refractivity contribution in [2.75, 3.05) is 0 Å². The van der Waals surface area contributed by atoms with Gasteiger partial charge in [-0.3, -0.25) is 9.48 Å². The van der Waals surface area contributed by atoms with E-state index in [9.17, 15) is 4.79 Å². The van der Waals surface area contributed by atoms with Crippen LogP contribution in [0.5, 0.6) is 0 Å². The van der Waals surface area contributed by atoms with Crippen molar-refractivity contribution in [3.8, 4) is 0 Å². The summed E-state index contributed by atoms with van der Waals surface area (Å²) in [4.78, 5) is 12.5. The topological polar surface area (TPSA) is 46.9 Å². The lowest BCUT2D eigenvalue weighted by molar-refractivity contribution is -0.122. The van der Waals surface area contributed by atoms with Crippen molar-refractivity contribution in [3.05, 3.63) is 22.5 Å². The molecule has 4 aliphatic carbocycles. The summed E-state index contributed by atoms with van der Waals surface area (Å²) in [5.74, 6) is 2.51. The van der Waals surface area contributed by atoms with E-state index in [1.165, 1.54) is 38.5 Å². The first-order chi connectivity index (χ1) is 10.9. The maximum Gasteiger partial charge on any atom is 0.244 e. The molecule has 1 aromatic rings. The van der Waals surface area contributed by atoms with E-state index in [4.69, 9.17) is 11.6 Å². The highest BCUT2D eigenvalue weighted by atomic mass is 35.5. The predicted octanol–water partition coefficient (Wildman–Crippen LogP) is 3.48. The van der Waals surface area contributed by atoms with Crippen molar-refractivity contribution in [2.24, 2.45) is 24.8 Å². The first kappa shape index (κ1) is 15.3. The summed E-state index contributed by atoms with van der Waals surface area (Å²) in [7, 11) is 1.81. The molecular formula is C18H24ClN3O. The fraction of sp³-hybridized carbons (Fsp3) is 0.667. The Morgan fingerprint density at radius 3 is 2.30 bits per heavy atom. The van der Waals surface area contributed by atoms with Gasteiger partial charge < -0.3 is 5.32 Å². The minimum atomic E-state index is 0.00581. The molecule has 1 aromatic heterocycles. The highest BCUT2D eigenvalue weighted by Crippen LogP contribution is 2.55. The largest absolute Gasteiger partial charge is 0.347 e. The lowest BCUT2D eigenvalue weighted by atomic mass is 9.53. The highest BCUT2D eigenvalue weighted by molar-refractivity contribution is 6.31. The summed E-state index contributed by atoms with van der Waals surface area (Å²) in [5, 5.41) is 8.19. The second kappa shape index (κ2) is 5.37. The zero-order chi connectivity index (χ0) is 16.2. The SMILES string of the molecule is Cc1nn(C)c(Cl)c1/C=C/C(=O)NC12CC3CC(CC(C3)C1)C2. The number of rotatable bonds is 3. The molecule has 0 spiro atoms. The molecule has 4 nitrogen and oxygen atoms in total. The van der Waals surface area contributed by atoms with Gasteiger partial charge in [0.25, 0.3) is 0 Å². The fourth-order valence-electron chi connectivity index (χ4n) is 5.56. The Hall–Kier alpha value is -1.29. The number of aryl methyl sites for hydroxylation is 2. The molecule has 5 heteroatoms. The first-order valence-electron chi connectivity index (χ1n) is 8.63. The Labute approximate surface area is 142 Å². The number of carbonyl (C=O) groups excluding carboxylic acids is 1. The number of aromatic nitrogens is 2. The van der Waals surface area contributed by atoms with Gasteiger partial charge in [-0.25, -0.2) is 0 Å². The van der Waals surface area contributed by atoms with E-state index in [1.807, 2.05) is 14.0 Å². The standard InChI is InChI=1S/C18H24ClN3O/c1-11-15(17(19)22(2)21-11)3-4-16(23)20-18-8-12-5-13(9-18)7-14(6-12)10-18/h3-4,12-14H,5-10H2,1-2H3,(H,20,23)/b4-3+. The zero-order valence-corrected chi connectivity index (χ0v) is 14.6. The van der Waals surface area contributed by atoms with Gasteiger partial charge in [-0.1, -0.05) is 11.6 Å². The lowest BCUT2D eigenvalue weighted by Gasteiger charge is -2.56. The van der Waals surface area contributed by atoms with Crippen molar-refractivity contribution in [3.63, 3.8) is 0 Å². The van der Waals surface area contributed by atoms with Crippen LogP contribution in [0.4, 0.5) is 0 Å². The van der Waals surface area contributed by atoms with Gasteiger partial charge in [0.2, 0.25) is 5.91 Å². The van der Waals surface area contributed by atoms with E-state index in [0.29, 0.717) is 5.15 Å². The normalized spacial score (nSPS) is 35.2. The average Bonchev–Trinajstić information content (AvgIpc) is 2.68. The van der Waals surface area contributed by atoms with Gasteiger partial charge in [-0.05, 0) is 69.3 Å². The minimum absolute atomic E-state index is 0.00581. The third-order valence-electron chi connectivity index (χ3n) is 6.02. The van der Waals surface area contributed by atoms with Gasteiger partial charge in [-0.15, -0.1) is 0 Å². The van der Waals surface area contributed by atoms with Crippen molar-refractivity contribution in [2.45, 2.75) is 51.0 Å². The van der Waals surface area contributed by atoms with E-state index in [-0.39, 0.29) is 11.4 Å². The third-order valence-corrected chi connectivity index (χ3v) is 6.47. The molecule has 124 valence electrons. The van der Waals surface area contributed by atoms with Gasteiger partial charge in [-0.2, -0.15) is 5.10 Å². The molecule has 1 N–H and O–H groups in total. The summed E-state index contributed by atoms with van der Waals surface area (Å²) in [6.45, 7) is 1.91. The van der Waals surface area contributed by atoms with Gasteiger partial charge in [0.1, 0.15) is 5.15 Å². The fourth-order valence-corrected chi connectivity index (χ4v) is 5.80. The molecule has 1 heterocycles. The first-order valence-corrected chi connectivity index (χ1v) is 9.01. The Bertz CT molecular complexity index is 641. The van der Waals surface area contributed by atoms with E-state index in [2.05, 4.69) is 10.4 Å². The molecular weight excluding hydrogens is 310 g/mol. The monoisotopic (exact) mass is 333 g/mol. The number of halogens is 1. The number of nitrogens with zero attached hydrogens (tertiary/aromatic N) is 2. The Balaban J connectivity index is 1.47. The predicted molar refractivity (Wildman–Crippen MR) is 91.0 cm³/mol. The molecule has 5 rings (SSSR count). The molecule has 0 saturated heterocycles. The summed E-state index contributed by atoms with van der Waals surface area (Å²) >= 11 is 6.21. The Morgan fingerprint density at radius 2 is 1.83 bits per heavy atom. The Kier molecular flexibility index (Phi) is 3.56. The molecule has 0 atom stereocenters. The molecule has 23 heavy (non-hydrogen) atoms. The van der Waals surface area contributed by atoms with Crippen LogP contribution in [0.15, 0.2) is 6.08 Å². The van der Waals surface area contributed by atoms with Crippen LogP contribution in [0.3, 0.4) is 0 Å². The second-order valence-corrected chi connectivity index (χ2v) is 8.29. The number of hydrogen-bond acceptors (Lipinski definition) is 2. The number of nitrogens with one attached hydrogen (secondary N) is 1. The maximum absolute atomic E-state index is 12.5. The lowest BCUT2D eigenvalue weighted by Crippen LogP contribution is -2.59. The van der Waals surface area contributed by atoms with Crippen molar-refractivity contribution < 1.29 is 4.79 Å². The van der Waals surface area contributed by atoms with Gasteiger partial charge in [0.05, 0.1) is 5.69 Å². The molecule has 1 amide bonds. The number of hydrogen-bond donors (Lipinski definition) is 1. The average molecular weight is 334 g/mol. The van der Waals surface area contributed by atoms with Crippen molar-refractivity contribution in [1.82, 2.24) is 15.1 Å². The minimum Gasteiger partial charge on any atom is -0.347 e. The van der Waals surface area contributed by atoms with Crippen LogP contribution < -0.4 is 5.32 Å². The van der Waals surface area contributed by atoms with Crippen molar-refractivity contribution >= 4 is 23.6 Å². The molecule has 4 aliphatic rings. The van der Waals surface area contributed by atoms with E-state index in [1.54, 1.807) is 16.8 Å². The van der Waals surface area contributed by atoms with E-state index in [0.717, 1.165) is 29.0 Å². The van der Waals surface area contributed by atoms with Crippen LogP contribution >= 0.6 is 11.6 Å². The molecule has 0 radical (unpaired) electrons.